The van der Waals surface area contributed by atoms with Crippen molar-refractivity contribution in [1.29, 1.82) is 0 Å². The number of thiophene rings is 1. The van der Waals surface area contributed by atoms with E-state index >= 15 is 0 Å². The van der Waals surface area contributed by atoms with Gasteiger partial charge in [0, 0.05) is 4.88 Å². The summed E-state index contributed by atoms with van der Waals surface area (Å²) in [6.07, 6.45) is 3.27. The van der Waals surface area contributed by atoms with Gasteiger partial charge in [0.25, 0.3) is 5.91 Å². The van der Waals surface area contributed by atoms with Gasteiger partial charge >= 0.3 is 0 Å². The van der Waals surface area contributed by atoms with E-state index in [1.54, 1.807) is 43.5 Å². The molecule has 0 saturated heterocycles. The van der Waals surface area contributed by atoms with Crippen molar-refractivity contribution in [3.63, 3.8) is 0 Å². The number of para-hydroxylation sites is 2. The summed E-state index contributed by atoms with van der Waals surface area (Å²) in [7, 11) is 1.54. The largest absolute Gasteiger partial charge is 0.495 e. The first-order chi connectivity index (χ1) is 15.5. The van der Waals surface area contributed by atoms with Gasteiger partial charge in [-0.25, -0.2) is 0 Å². The third-order valence-corrected chi connectivity index (χ3v) is 5.43. The zero-order valence-electron chi connectivity index (χ0n) is 18.2. The lowest BCUT2D eigenvalue weighted by molar-refractivity contribution is -0.118. The van der Waals surface area contributed by atoms with Crippen molar-refractivity contribution in [1.82, 2.24) is 0 Å². The second-order valence-corrected chi connectivity index (χ2v) is 8.07. The Morgan fingerprint density at radius 3 is 2.53 bits per heavy atom. The number of carbonyl (C=O) groups excluding carboxylic acids is 2. The highest BCUT2D eigenvalue weighted by atomic mass is 32.1. The minimum atomic E-state index is -0.322. The van der Waals surface area contributed by atoms with Crippen molar-refractivity contribution in [2.75, 3.05) is 25.6 Å². The molecular weight excluding hydrogens is 426 g/mol. The zero-order chi connectivity index (χ0) is 22.9. The quantitative estimate of drug-likeness (QED) is 0.331. The van der Waals surface area contributed by atoms with Gasteiger partial charge in [0.1, 0.15) is 5.75 Å². The maximum absolute atomic E-state index is 12.3. The molecule has 0 atom stereocenters. The predicted molar refractivity (Wildman–Crippen MR) is 127 cm³/mol. The van der Waals surface area contributed by atoms with Crippen molar-refractivity contribution in [3.05, 3.63) is 76.0 Å². The summed E-state index contributed by atoms with van der Waals surface area (Å²) >= 11 is 1.47. The van der Waals surface area contributed by atoms with Gasteiger partial charge in [-0.05, 0) is 61.9 Å². The average Bonchev–Trinajstić information content (AvgIpc) is 3.24. The van der Waals surface area contributed by atoms with Crippen LogP contribution in [0.1, 0.15) is 27.0 Å². The molecule has 3 rings (SSSR count). The number of carbonyl (C=O) groups is 2. The molecule has 1 N–H and O–H groups in total. The monoisotopic (exact) mass is 451 g/mol. The predicted octanol–water partition coefficient (Wildman–Crippen LogP) is 5.38. The molecule has 0 saturated carbocycles. The number of amides is 1. The van der Waals surface area contributed by atoms with E-state index in [-0.39, 0.29) is 18.3 Å². The number of hydrogen-bond acceptors (Lipinski definition) is 6. The van der Waals surface area contributed by atoms with E-state index in [0.29, 0.717) is 34.4 Å². The van der Waals surface area contributed by atoms with Gasteiger partial charge in [-0.1, -0.05) is 24.3 Å². The van der Waals surface area contributed by atoms with Crippen LogP contribution in [0.2, 0.25) is 0 Å². The highest BCUT2D eigenvalue weighted by Gasteiger charge is 2.11. The number of methoxy groups -OCH3 is 1. The van der Waals surface area contributed by atoms with E-state index in [1.165, 1.54) is 17.4 Å². The number of hydrogen-bond donors (Lipinski definition) is 1. The van der Waals surface area contributed by atoms with E-state index in [1.807, 2.05) is 38.1 Å². The molecule has 6 nitrogen and oxygen atoms in total. The van der Waals surface area contributed by atoms with Crippen LogP contribution < -0.4 is 19.5 Å². The number of anilines is 1. The van der Waals surface area contributed by atoms with Gasteiger partial charge in [-0.2, -0.15) is 0 Å². The highest BCUT2D eigenvalue weighted by Crippen LogP contribution is 2.29. The van der Waals surface area contributed by atoms with E-state index < -0.39 is 0 Å². The van der Waals surface area contributed by atoms with Gasteiger partial charge in [0.15, 0.2) is 23.9 Å². The Morgan fingerprint density at radius 2 is 1.81 bits per heavy atom. The topological polar surface area (TPSA) is 73.9 Å². The summed E-state index contributed by atoms with van der Waals surface area (Å²) in [6, 6.07) is 16.2. The Kier molecular flexibility index (Phi) is 8.05. The van der Waals surface area contributed by atoms with Crippen LogP contribution in [0.5, 0.6) is 17.2 Å². The lowest BCUT2D eigenvalue weighted by Crippen LogP contribution is -2.20. The molecule has 0 aliphatic rings. The third kappa shape index (κ3) is 6.21. The number of rotatable bonds is 10. The van der Waals surface area contributed by atoms with Crippen LogP contribution in [0.3, 0.4) is 0 Å². The number of allylic oxidation sites excluding steroid dienone is 1. The molecule has 0 aliphatic carbocycles. The van der Waals surface area contributed by atoms with E-state index in [0.717, 1.165) is 10.4 Å². The smallest absolute Gasteiger partial charge is 0.262 e. The molecule has 0 bridgehead atoms. The zero-order valence-corrected chi connectivity index (χ0v) is 19.0. The first-order valence-corrected chi connectivity index (χ1v) is 10.9. The van der Waals surface area contributed by atoms with Crippen molar-refractivity contribution >= 4 is 34.8 Å². The Hall–Kier alpha value is -3.58. The molecular formula is C25H25NO5S. The van der Waals surface area contributed by atoms with Crippen molar-refractivity contribution in [2.45, 2.75) is 13.8 Å². The third-order valence-electron chi connectivity index (χ3n) is 4.42. The fourth-order valence-corrected chi connectivity index (χ4v) is 3.70. The van der Waals surface area contributed by atoms with Crippen LogP contribution in [0.4, 0.5) is 5.69 Å². The van der Waals surface area contributed by atoms with E-state index in [4.69, 9.17) is 14.2 Å². The number of ketones is 1. The van der Waals surface area contributed by atoms with E-state index in [2.05, 4.69) is 5.32 Å². The fraction of sp³-hybridized carbons (Fsp3) is 0.200. The lowest BCUT2D eigenvalue weighted by atomic mass is 10.1. The summed E-state index contributed by atoms with van der Waals surface area (Å²) in [5.74, 6) is 1.14. The maximum atomic E-state index is 12.3. The summed E-state index contributed by atoms with van der Waals surface area (Å²) in [4.78, 5) is 26.4. The Morgan fingerprint density at radius 1 is 1.00 bits per heavy atom. The molecule has 0 aliphatic heterocycles. The molecule has 166 valence electrons. The molecule has 0 spiro atoms. The summed E-state index contributed by atoms with van der Waals surface area (Å²) in [5.41, 5.74) is 1.36. The lowest BCUT2D eigenvalue weighted by Gasteiger charge is -2.13. The Balaban J connectivity index is 1.65. The summed E-state index contributed by atoms with van der Waals surface area (Å²) < 4.78 is 16.6. The second kappa shape index (κ2) is 11.2. The average molecular weight is 452 g/mol. The van der Waals surface area contributed by atoms with Gasteiger partial charge in [0.05, 0.1) is 24.3 Å². The fourth-order valence-electron chi connectivity index (χ4n) is 2.91. The molecule has 1 aromatic heterocycles. The number of ether oxygens (including phenoxy) is 3. The molecule has 1 amide bonds. The van der Waals surface area contributed by atoms with Gasteiger partial charge in [-0.3, -0.25) is 9.59 Å². The van der Waals surface area contributed by atoms with Crippen LogP contribution >= 0.6 is 11.3 Å². The molecule has 3 aromatic rings. The molecule has 7 heteroatoms. The molecule has 0 fully saturated rings. The maximum Gasteiger partial charge on any atom is 0.262 e. The SMILES string of the molecule is CCOc1cc(/C=C/C(=O)c2ccc(C)s2)ccc1OCC(=O)Nc1ccccc1OC. The summed E-state index contributed by atoms with van der Waals surface area (Å²) in [5, 5.41) is 2.77. The van der Waals surface area contributed by atoms with Crippen LogP contribution in [-0.2, 0) is 4.79 Å². The van der Waals surface area contributed by atoms with Crippen molar-refractivity contribution in [3.8, 4) is 17.2 Å². The molecule has 1 heterocycles. The first-order valence-electron chi connectivity index (χ1n) is 10.1. The minimum absolute atomic E-state index is 0.0469. The van der Waals surface area contributed by atoms with Crippen LogP contribution in [0, 0.1) is 6.92 Å². The molecule has 32 heavy (non-hydrogen) atoms. The van der Waals surface area contributed by atoms with Crippen molar-refractivity contribution < 1.29 is 23.8 Å². The molecule has 0 unspecified atom stereocenters. The number of nitrogens with one attached hydrogen (secondary N) is 1. The van der Waals surface area contributed by atoms with Crippen molar-refractivity contribution in [2.24, 2.45) is 0 Å². The highest BCUT2D eigenvalue weighted by molar-refractivity contribution is 7.14. The van der Waals surface area contributed by atoms with Crippen LogP contribution in [0.25, 0.3) is 6.08 Å². The van der Waals surface area contributed by atoms with Gasteiger partial charge < -0.3 is 19.5 Å². The molecule has 0 radical (unpaired) electrons. The van der Waals surface area contributed by atoms with Crippen LogP contribution in [-0.4, -0.2) is 32.0 Å². The standard InChI is InChI=1S/C25H25NO5S/c1-4-30-23-15-18(10-12-20(27)24-14-9-17(2)32-24)11-13-22(23)31-16-25(28)26-19-7-5-6-8-21(19)29-3/h5-15H,4,16H2,1-3H3,(H,26,28)/b12-10+. The molecule has 2 aromatic carbocycles. The van der Waals surface area contributed by atoms with E-state index in [9.17, 15) is 9.59 Å². The van der Waals surface area contributed by atoms with Crippen LogP contribution in [0.15, 0.2) is 60.7 Å². The Bertz CT molecular complexity index is 1120. The normalized spacial score (nSPS) is 10.7. The van der Waals surface area contributed by atoms with Gasteiger partial charge in [0.2, 0.25) is 0 Å². The number of benzene rings is 2. The van der Waals surface area contributed by atoms with Gasteiger partial charge in [-0.15, -0.1) is 11.3 Å². The second-order valence-electron chi connectivity index (χ2n) is 6.78. The summed E-state index contributed by atoms with van der Waals surface area (Å²) in [6.45, 7) is 4.08. The Labute approximate surface area is 191 Å². The first kappa shape index (κ1) is 23.1. The minimum Gasteiger partial charge on any atom is -0.495 e. The number of aryl methyl sites for hydroxylation is 1.